The smallest absolute Gasteiger partial charge is 0.300 e. The summed E-state index contributed by atoms with van der Waals surface area (Å²) in [7, 11) is 0. The summed E-state index contributed by atoms with van der Waals surface area (Å²) in [6.07, 6.45) is 3.11. The molecule has 1 fully saturated rings. The average molecular weight is 544 g/mol. The third-order valence-electron chi connectivity index (χ3n) is 6.56. The maximum absolute atomic E-state index is 13.5. The minimum absolute atomic E-state index is 0.0113. The van der Waals surface area contributed by atoms with Crippen molar-refractivity contribution in [2.75, 3.05) is 18.1 Å². The number of Topliss-reactive ketones (excluding diaryl/α,β-unsaturated/α-hetero) is 1. The van der Waals surface area contributed by atoms with Gasteiger partial charge in [-0.05, 0) is 93.4 Å². The Morgan fingerprint density at radius 1 is 0.875 bits per heavy atom. The van der Waals surface area contributed by atoms with E-state index in [2.05, 4.69) is 6.92 Å². The van der Waals surface area contributed by atoms with E-state index in [9.17, 15) is 14.7 Å². The quantitative estimate of drug-likeness (QED) is 0.114. The molecule has 3 aromatic rings. The predicted octanol–water partition coefficient (Wildman–Crippen LogP) is 7.07. The number of nitrogens with zero attached hydrogens (tertiary/aromatic N) is 1. The predicted molar refractivity (Wildman–Crippen MR) is 156 cm³/mol. The number of aliphatic hydroxyl groups is 1. The summed E-state index contributed by atoms with van der Waals surface area (Å²) in [4.78, 5) is 28.4. The van der Waals surface area contributed by atoms with Gasteiger partial charge in [-0.15, -0.1) is 0 Å². The Kier molecular flexibility index (Phi) is 9.48. The van der Waals surface area contributed by atoms with Gasteiger partial charge in [0.2, 0.25) is 0 Å². The van der Waals surface area contributed by atoms with E-state index in [1.165, 1.54) is 4.90 Å². The molecule has 0 bridgehead atoms. The molecule has 4 rings (SSSR count). The van der Waals surface area contributed by atoms with Crippen LogP contribution in [0.2, 0.25) is 0 Å². The first kappa shape index (κ1) is 28.7. The van der Waals surface area contributed by atoms with Crippen LogP contribution < -0.4 is 19.1 Å². The fourth-order valence-electron chi connectivity index (χ4n) is 4.72. The van der Waals surface area contributed by atoms with Crippen molar-refractivity contribution in [2.24, 2.45) is 0 Å². The van der Waals surface area contributed by atoms with E-state index in [-0.39, 0.29) is 17.4 Å². The number of amides is 1. The molecule has 0 aliphatic carbocycles. The van der Waals surface area contributed by atoms with E-state index in [4.69, 9.17) is 14.2 Å². The van der Waals surface area contributed by atoms with Crippen LogP contribution in [0.4, 0.5) is 5.69 Å². The zero-order valence-electron chi connectivity index (χ0n) is 23.6. The van der Waals surface area contributed by atoms with Crippen molar-refractivity contribution in [1.82, 2.24) is 0 Å². The Morgan fingerprint density at radius 2 is 1.55 bits per heavy atom. The minimum atomic E-state index is -0.862. The summed E-state index contributed by atoms with van der Waals surface area (Å²) in [5, 5.41) is 11.5. The van der Waals surface area contributed by atoms with Gasteiger partial charge in [-0.2, -0.15) is 0 Å². The SMILES string of the molecule is CCCCCOc1ccc(/C(O)=C2/C(=O)C(=O)N(c3ccc(OCC)cc3)C2c2cccc(OC(C)C)c2)cc1. The number of carbonyl (C=O) groups excluding carboxylic acids is 2. The second-order valence-corrected chi connectivity index (χ2v) is 9.92. The van der Waals surface area contributed by atoms with Crippen LogP contribution in [0.3, 0.4) is 0 Å². The third kappa shape index (κ3) is 6.47. The molecule has 1 atom stereocenters. The summed E-state index contributed by atoms with van der Waals surface area (Å²) in [5.41, 5.74) is 1.59. The first-order valence-corrected chi connectivity index (χ1v) is 13.9. The normalized spacial score (nSPS) is 16.4. The topological polar surface area (TPSA) is 85.3 Å². The number of ether oxygens (including phenoxy) is 3. The molecule has 1 heterocycles. The van der Waals surface area contributed by atoms with Gasteiger partial charge in [-0.25, -0.2) is 0 Å². The number of hydrogen-bond donors (Lipinski definition) is 1. The second-order valence-electron chi connectivity index (χ2n) is 9.92. The van der Waals surface area contributed by atoms with E-state index in [0.717, 1.165) is 19.3 Å². The van der Waals surface area contributed by atoms with E-state index in [0.29, 0.717) is 47.3 Å². The van der Waals surface area contributed by atoms with Gasteiger partial charge in [0.15, 0.2) is 0 Å². The standard InChI is InChI=1S/C33H37NO6/c1-5-7-8-20-39-27-16-12-23(13-17-27)31(35)29-30(24-10-9-11-28(21-24)40-22(3)4)34(33(37)32(29)36)25-14-18-26(19-15-25)38-6-2/h9-19,21-22,30,35H,5-8,20H2,1-4H3/b31-29-. The van der Waals surface area contributed by atoms with Gasteiger partial charge in [0, 0.05) is 11.3 Å². The van der Waals surface area contributed by atoms with Crippen molar-refractivity contribution in [3.63, 3.8) is 0 Å². The molecule has 3 aromatic carbocycles. The Morgan fingerprint density at radius 3 is 2.20 bits per heavy atom. The average Bonchev–Trinajstić information content (AvgIpc) is 3.21. The minimum Gasteiger partial charge on any atom is -0.507 e. The molecule has 1 N–H and O–H groups in total. The first-order valence-electron chi connectivity index (χ1n) is 13.9. The Labute approximate surface area is 236 Å². The molecular formula is C33H37NO6. The van der Waals surface area contributed by atoms with Crippen molar-refractivity contribution in [3.8, 4) is 17.2 Å². The van der Waals surface area contributed by atoms with Crippen LogP contribution in [-0.4, -0.2) is 36.1 Å². The summed E-state index contributed by atoms with van der Waals surface area (Å²) in [5.74, 6) is 0.216. The largest absolute Gasteiger partial charge is 0.507 e. The maximum Gasteiger partial charge on any atom is 0.300 e. The molecule has 1 unspecified atom stereocenters. The fraction of sp³-hybridized carbons (Fsp3) is 0.333. The van der Waals surface area contributed by atoms with Gasteiger partial charge < -0.3 is 19.3 Å². The number of carbonyl (C=O) groups is 2. The monoisotopic (exact) mass is 543 g/mol. The second kappa shape index (κ2) is 13.2. The fourth-order valence-corrected chi connectivity index (χ4v) is 4.72. The van der Waals surface area contributed by atoms with E-state index in [1.807, 2.05) is 39.0 Å². The molecule has 40 heavy (non-hydrogen) atoms. The van der Waals surface area contributed by atoms with E-state index < -0.39 is 17.7 Å². The zero-order chi connectivity index (χ0) is 28.6. The molecule has 1 aliphatic rings. The van der Waals surface area contributed by atoms with Crippen molar-refractivity contribution in [3.05, 3.63) is 89.5 Å². The molecule has 0 spiro atoms. The van der Waals surface area contributed by atoms with Crippen LogP contribution in [0.15, 0.2) is 78.4 Å². The van der Waals surface area contributed by atoms with Gasteiger partial charge in [-0.3, -0.25) is 14.5 Å². The number of benzene rings is 3. The first-order chi connectivity index (χ1) is 19.3. The lowest BCUT2D eigenvalue weighted by molar-refractivity contribution is -0.132. The molecule has 0 saturated carbocycles. The molecule has 7 heteroatoms. The van der Waals surface area contributed by atoms with Gasteiger partial charge in [0.1, 0.15) is 23.0 Å². The number of unbranched alkanes of at least 4 members (excludes halogenated alkanes) is 2. The highest BCUT2D eigenvalue weighted by atomic mass is 16.5. The molecule has 210 valence electrons. The van der Waals surface area contributed by atoms with Crippen LogP contribution in [0.1, 0.15) is 64.1 Å². The van der Waals surface area contributed by atoms with Gasteiger partial charge in [0.05, 0.1) is 30.9 Å². The summed E-state index contributed by atoms with van der Waals surface area (Å²) >= 11 is 0. The lowest BCUT2D eigenvalue weighted by Gasteiger charge is -2.26. The Bertz CT molecular complexity index is 1340. The molecule has 1 aliphatic heterocycles. The highest BCUT2D eigenvalue weighted by Crippen LogP contribution is 2.43. The molecule has 7 nitrogen and oxygen atoms in total. The molecule has 0 radical (unpaired) electrons. The van der Waals surface area contributed by atoms with Crippen molar-refractivity contribution < 1.29 is 28.9 Å². The number of ketones is 1. The molecule has 1 amide bonds. The van der Waals surface area contributed by atoms with E-state index in [1.54, 1.807) is 54.6 Å². The lowest BCUT2D eigenvalue weighted by Crippen LogP contribution is -2.29. The molecule has 1 saturated heterocycles. The molecular weight excluding hydrogens is 506 g/mol. The Hall–Kier alpha value is -4.26. The van der Waals surface area contributed by atoms with Gasteiger partial charge in [0.25, 0.3) is 11.7 Å². The number of aliphatic hydroxyl groups excluding tert-OH is 1. The summed E-state index contributed by atoms with van der Waals surface area (Å²) in [6, 6.07) is 20.3. The van der Waals surface area contributed by atoms with Crippen molar-refractivity contribution in [2.45, 2.75) is 59.1 Å². The number of anilines is 1. The highest BCUT2D eigenvalue weighted by Gasteiger charge is 2.47. The van der Waals surface area contributed by atoms with Crippen LogP contribution in [0, 0.1) is 0 Å². The summed E-state index contributed by atoms with van der Waals surface area (Å²) < 4.78 is 17.2. The molecule has 0 aromatic heterocycles. The van der Waals surface area contributed by atoms with Crippen LogP contribution in [0.25, 0.3) is 5.76 Å². The lowest BCUT2D eigenvalue weighted by atomic mass is 9.95. The summed E-state index contributed by atoms with van der Waals surface area (Å²) in [6.45, 7) is 9.00. The zero-order valence-corrected chi connectivity index (χ0v) is 23.6. The third-order valence-corrected chi connectivity index (χ3v) is 6.56. The van der Waals surface area contributed by atoms with Crippen molar-refractivity contribution >= 4 is 23.1 Å². The van der Waals surface area contributed by atoms with Gasteiger partial charge in [-0.1, -0.05) is 31.9 Å². The van der Waals surface area contributed by atoms with E-state index >= 15 is 0 Å². The highest BCUT2D eigenvalue weighted by molar-refractivity contribution is 6.51. The maximum atomic E-state index is 13.5. The van der Waals surface area contributed by atoms with Crippen LogP contribution >= 0.6 is 0 Å². The van der Waals surface area contributed by atoms with Gasteiger partial charge >= 0.3 is 0 Å². The Balaban J connectivity index is 1.77. The number of hydrogen-bond acceptors (Lipinski definition) is 6. The van der Waals surface area contributed by atoms with Crippen molar-refractivity contribution in [1.29, 1.82) is 0 Å². The van der Waals surface area contributed by atoms with Crippen LogP contribution in [-0.2, 0) is 9.59 Å². The number of rotatable bonds is 12. The van der Waals surface area contributed by atoms with Crippen LogP contribution in [0.5, 0.6) is 17.2 Å².